The fourth-order valence-corrected chi connectivity index (χ4v) is 1.78. The molecule has 0 heterocycles. The van der Waals surface area contributed by atoms with Crippen molar-refractivity contribution in [3.63, 3.8) is 0 Å². The molecule has 0 unspecified atom stereocenters. The van der Waals surface area contributed by atoms with E-state index in [1.165, 1.54) is 6.07 Å². The Morgan fingerprint density at radius 2 is 2.05 bits per heavy atom. The Morgan fingerprint density at radius 1 is 1.26 bits per heavy atom. The number of nitrogens with zero attached hydrogens (tertiary/aromatic N) is 1. The van der Waals surface area contributed by atoms with Crippen LogP contribution >= 0.6 is 0 Å². The maximum Gasteiger partial charge on any atom is 0.146 e. The fraction of sp³-hybridized carbons (Fsp3) is 0.133. The molecule has 0 spiro atoms. The molecule has 2 rings (SSSR count). The van der Waals surface area contributed by atoms with Gasteiger partial charge in [-0.2, -0.15) is 5.26 Å². The number of para-hydroxylation sites is 1. The van der Waals surface area contributed by atoms with Crippen molar-refractivity contribution in [3.8, 4) is 11.8 Å². The van der Waals surface area contributed by atoms with Crippen molar-refractivity contribution in [3.05, 3.63) is 53.3 Å². The summed E-state index contributed by atoms with van der Waals surface area (Å²) in [5.74, 6) is 0.252. The molecule has 0 amide bonds. The van der Waals surface area contributed by atoms with Crippen LogP contribution < -0.4 is 10.1 Å². The molecule has 0 aromatic heterocycles. The topological polar surface area (TPSA) is 45.0 Å². The molecule has 0 atom stereocenters. The molecule has 4 heteroatoms. The lowest BCUT2D eigenvalue weighted by molar-refractivity contribution is 0.415. The van der Waals surface area contributed by atoms with Crippen LogP contribution in [0.3, 0.4) is 0 Å². The van der Waals surface area contributed by atoms with Crippen LogP contribution in [0.5, 0.6) is 5.75 Å². The highest BCUT2D eigenvalue weighted by Gasteiger charge is 2.09. The summed E-state index contributed by atoms with van der Waals surface area (Å²) in [7, 11) is 1.54. The first-order chi connectivity index (χ1) is 9.15. The summed E-state index contributed by atoms with van der Waals surface area (Å²) < 4.78 is 18.9. The first-order valence-corrected chi connectivity index (χ1v) is 5.76. The van der Waals surface area contributed by atoms with Crippen LogP contribution in [0.1, 0.15) is 11.1 Å². The minimum atomic E-state index is -0.355. The number of methoxy groups -OCH3 is 1. The molecular formula is C15H13FN2O. The summed E-state index contributed by atoms with van der Waals surface area (Å²) in [5.41, 5.74) is 2.09. The number of aryl methyl sites for hydroxylation is 1. The van der Waals surface area contributed by atoms with Crippen LogP contribution in [0.15, 0.2) is 36.4 Å². The molecule has 0 radical (unpaired) electrons. The lowest BCUT2D eigenvalue weighted by atomic mass is 10.1. The zero-order valence-electron chi connectivity index (χ0n) is 10.7. The van der Waals surface area contributed by atoms with Gasteiger partial charge in [0.15, 0.2) is 0 Å². The second-order valence-electron chi connectivity index (χ2n) is 4.08. The van der Waals surface area contributed by atoms with Crippen LogP contribution in [0.25, 0.3) is 0 Å². The number of hydrogen-bond acceptors (Lipinski definition) is 3. The summed E-state index contributed by atoms with van der Waals surface area (Å²) in [6.45, 7) is 1.80. The van der Waals surface area contributed by atoms with Crippen molar-refractivity contribution in [2.45, 2.75) is 6.92 Å². The molecule has 96 valence electrons. The quantitative estimate of drug-likeness (QED) is 0.909. The number of anilines is 2. The Labute approximate surface area is 111 Å². The van der Waals surface area contributed by atoms with Crippen molar-refractivity contribution in [1.29, 1.82) is 5.26 Å². The van der Waals surface area contributed by atoms with Crippen molar-refractivity contribution in [1.82, 2.24) is 0 Å². The third kappa shape index (κ3) is 2.66. The predicted molar refractivity (Wildman–Crippen MR) is 72.1 cm³/mol. The SMILES string of the molecule is COc1ccc(C#N)c(Nc2c(C)cccc2F)c1. The van der Waals surface area contributed by atoms with Gasteiger partial charge in [-0.1, -0.05) is 12.1 Å². The monoisotopic (exact) mass is 256 g/mol. The molecule has 0 aliphatic carbocycles. The van der Waals surface area contributed by atoms with Crippen LogP contribution in [-0.4, -0.2) is 7.11 Å². The van der Waals surface area contributed by atoms with E-state index in [9.17, 15) is 4.39 Å². The summed E-state index contributed by atoms with van der Waals surface area (Å²) >= 11 is 0. The Morgan fingerprint density at radius 3 is 2.68 bits per heavy atom. The maximum atomic E-state index is 13.8. The first kappa shape index (κ1) is 12.9. The molecule has 0 fully saturated rings. The van der Waals surface area contributed by atoms with Crippen LogP contribution in [0.4, 0.5) is 15.8 Å². The molecule has 2 aromatic carbocycles. The van der Waals surface area contributed by atoms with Crippen molar-refractivity contribution in [2.75, 3.05) is 12.4 Å². The van der Waals surface area contributed by atoms with Gasteiger partial charge in [0, 0.05) is 6.07 Å². The third-order valence-electron chi connectivity index (χ3n) is 2.83. The van der Waals surface area contributed by atoms with Gasteiger partial charge in [0.25, 0.3) is 0 Å². The summed E-state index contributed by atoms with van der Waals surface area (Å²) in [6.07, 6.45) is 0. The molecular weight excluding hydrogens is 243 g/mol. The number of halogens is 1. The predicted octanol–water partition coefficient (Wildman–Crippen LogP) is 3.76. The maximum absolute atomic E-state index is 13.8. The van der Waals surface area contributed by atoms with E-state index in [-0.39, 0.29) is 5.82 Å². The number of ether oxygens (including phenoxy) is 1. The summed E-state index contributed by atoms with van der Waals surface area (Å²) in [5, 5.41) is 12.0. The lowest BCUT2D eigenvalue weighted by Gasteiger charge is -2.12. The molecule has 3 nitrogen and oxygen atoms in total. The number of benzene rings is 2. The zero-order chi connectivity index (χ0) is 13.8. The Kier molecular flexibility index (Phi) is 3.67. The van der Waals surface area contributed by atoms with Gasteiger partial charge >= 0.3 is 0 Å². The number of rotatable bonds is 3. The molecule has 0 saturated carbocycles. The van der Waals surface area contributed by atoms with Gasteiger partial charge in [-0.15, -0.1) is 0 Å². The van der Waals surface area contributed by atoms with Crippen molar-refractivity contribution in [2.24, 2.45) is 0 Å². The smallest absolute Gasteiger partial charge is 0.146 e. The summed E-state index contributed by atoms with van der Waals surface area (Å²) in [4.78, 5) is 0. The van der Waals surface area contributed by atoms with Gasteiger partial charge in [0.2, 0.25) is 0 Å². The number of hydrogen-bond donors (Lipinski definition) is 1. The molecule has 2 aromatic rings. The number of nitrogens with one attached hydrogen (secondary N) is 1. The standard InChI is InChI=1S/C15H13FN2O/c1-10-4-3-5-13(16)15(10)18-14-8-12(19-2)7-6-11(14)9-17/h3-8,18H,1-2H3. The lowest BCUT2D eigenvalue weighted by Crippen LogP contribution is -1.99. The minimum Gasteiger partial charge on any atom is -0.497 e. The number of nitriles is 1. The first-order valence-electron chi connectivity index (χ1n) is 5.76. The van der Waals surface area contributed by atoms with E-state index in [0.29, 0.717) is 22.7 Å². The highest BCUT2D eigenvalue weighted by Crippen LogP contribution is 2.28. The molecule has 1 N–H and O–H groups in total. The van der Waals surface area contributed by atoms with E-state index in [0.717, 1.165) is 5.56 Å². The second-order valence-corrected chi connectivity index (χ2v) is 4.08. The molecule has 19 heavy (non-hydrogen) atoms. The van der Waals surface area contributed by atoms with Gasteiger partial charge in [-0.3, -0.25) is 0 Å². The van der Waals surface area contributed by atoms with E-state index in [1.54, 1.807) is 44.4 Å². The van der Waals surface area contributed by atoms with Gasteiger partial charge in [0.05, 0.1) is 24.0 Å². The molecule has 0 aliphatic rings. The van der Waals surface area contributed by atoms with Crippen LogP contribution in [0, 0.1) is 24.1 Å². The summed E-state index contributed by atoms with van der Waals surface area (Å²) in [6, 6.07) is 11.9. The van der Waals surface area contributed by atoms with Gasteiger partial charge in [-0.25, -0.2) is 4.39 Å². The highest BCUT2D eigenvalue weighted by atomic mass is 19.1. The van der Waals surface area contributed by atoms with Gasteiger partial charge < -0.3 is 10.1 Å². The fourth-order valence-electron chi connectivity index (χ4n) is 1.78. The van der Waals surface area contributed by atoms with E-state index in [2.05, 4.69) is 11.4 Å². The van der Waals surface area contributed by atoms with E-state index in [4.69, 9.17) is 10.00 Å². The normalized spacial score (nSPS) is 9.79. The second kappa shape index (κ2) is 5.40. The minimum absolute atomic E-state index is 0.355. The Balaban J connectivity index is 2.46. The molecule has 0 bridgehead atoms. The van der Waals surface area contributed by atoms with Crippen molar-refractivity contribution < 1.29 is 9.13 Å². The average molecular weight is 256 g/mol. The Bertz CT molecular complexity index is 627. The van der Waals surface area contributed by atoms with E-state index in [1.807, 2.05) is 0 Å². The van der Waals surface area contributed by atoms with E-state index >= 15 is 0 Å². The van der Waals surface area contributed by atoms with Crippen LogP contribution in [0.2, 0.25) is 0 Å². The highest BCUT2D eigenvalue weighted by molar-refractivity contribution is 5.70. The molecule has 0 aliphatic heterocycles. The van der Waals surface area contributed by atoms with Crippen LogP contribution in [-0.2, 0) is 0 Å². The zero-order valence-corrected chi connectivity index (χ0v) is 10.7. The average Bonchev–Trinajstić information content (AvgIpc) is 2.42. The largest absolute Gasteiger partial charge is 0.497 e. The van der Waals surface area contributed by atoms with Gasteiger partial charge in [0.1, 0.15) is 17.6 Å². The van der Waals surface area contributed by atoms with Gasteiger partial charge in [-0.05, 0) is 30.7 Å². The van der Waals surface area contributed by atoms with Crippen molar-refractivity contribution >= 4 is 11.4 Å². The Hall–Kier alpha value is -2.54. The molecule has 0 saturated heterocycles. The third-order valence-corrected chi connectivity index (χ3v) is 2.83. The van der Waals surface area contributed by atoms with E-state index < -0.39 is 0 Å².